The highest BCUT2D eigenvalue weighted by Gasteiger charge is 2.04. The van der Waals surface area contributed by atoms with Gasteiger partial charge in [0.15, 0.2) is 0 Å². The Labute approximate surface area is 146 Å². The average molecular weight is 338 g/mol. The fourth-order valence-corrected chi connectivity index (χ4v) is 2.81. The van der Waals surface area contributed by atoms with E-state index in [0.29, 0.717) is 6.42 Å². The summed E-state index contributed by atoms with van der Waals surface area (Å²) in [6.07, 6.45) is 5.67. The molecule has 0 unspecified atom stereocenters. The van der Waals surface area contributed by atoms with Crippen molar-refractivity contribution < 1.29 is 10.0 Å². The number of rotatable bonds is 8. The first-order valence-corrected chi connectivity index (χ1v) is 8.38. The largest absolute Gasteiger partial charge is 0.346 e. The van der Waals surface area contributed by atoms with Crippen molar-refractivity contribution in [1.82, 2.24) is 20.8 Å². The zero-order valence-corrected chi connectivity index (χ0v) is 14.0. The van der Waals surface area contributed by atoms with Crippen LogP contribution in [0.25, 0.3) is 11.0 Å². The molecule has 6 nitrogen and oxygen atoms in total. The maximum absolute atomic E-state index is 11.0. The van der Waals surface area contributed by atoms with E-state index < -0.39 is 0 Å². The molecule has 1 aromatic carbocycles. The van der Waals surface area contributed by atoms with Gasteiger partial charge in [-0.1, -0.05) is 24.3 Å². The molecular formula is C19H22N4O2. The number of carbonyl (C=O) groups excluding carboxylic acids is 1. The minimum absolute atomic E-state index is 0.285. The molecule has 1 amide bonds. The Hall–Kier alpha value is -2.70. The SMILES string of the molecule is O=C(CCc1ccc(CNCCc2c[nH]c3ncccc23)cc1)NO. The summed E-state index contributed by atoms with van der Waals surface area (Å²) < 4.78 is 0. The summed E-state index contributed by atoms with van der Waals surface area (Å²) in [5, 5.41) is 13.1. The topological polar surface area (TPSA) is 90.0 Å². The minimum Gasteiger partial charge on any atom is -0.346 e. The first-order chi connectivity index (χ1) is 12.3. The van der Waals surface area contributed by atoms with E-state index >= 15 is 0 Å². The summed E-state index contributed by atoms with van der Waals surface area (Å²) in [5.74, 6) is -0.363. The Balaban J connectivity index is 1.43. The lowest BCUT2D eigenvalue weighted by Crippen LogP contribution is -2.18. The van der Waals surface area contributed by atoms with Gasteiger partial charge in [0.2, 0.25) is 5.91 Å². The molecule has 0 spiro atoms. The zero-order valence-electron chi connectivity index (χ0n) is 14.0. The van der Waals surface area contributed by atoms with E-state index in [1.165, 1.54) is 16.5 Å². The number of nitrogens with one attached hydrogen (secondary N) is 3. The van der Waals surface area contributed by atoms with Crippen LogP contribution in [0.5, 0.6) is 0 Å². The quantitative estimate of drug-likeness (QED) is 0.288. The molecule has 3 aromatic rings. The van der Waals surface area contributed by atoms with Gasteiger partial charge in [-0.3, -0.25) is 10.0 Å². The number of hydrogen-bond donors (Lipinski definition) is 4. The lowest BCUT2D eigenvalue weighted by Gasteiger charge is -2.06. The second-order valence-corrected chi connectivity index (χ2v) is 5.99. The van der Waals surface area contributed by atoms with Crippen molar-refractivity contribution >= 4 is 16.9 Å². The molecule has 0 atom stereocenters. The first-order valence-electron chi connectivity index (χ1n) is 8.38. The van der Waals surface area contributed by atoms with Crippen LogP contribution < -0.4 is 10.8 Å². The van der Waals surface area contributed by atoms with Gasteiger partial charge in [0.1, 0.15) is 5.65 Å². The summed E-state index contributed by atoms with van der Waals surface area (Å²) in [7, 11) is 0. The number of hydrogen-bond acceptors (Lipinski definition) is 4. The number of aryl methyl sites for hydroxylation is 1. The summed E-state index contributed by atoms with van der Waals surface area (Å²) in [5.41, 5.74) is 6.14. The van der Waals surface area contributed by atoms with Crippen LogP contribution >= 0.6 is 0 Å². The summed E-state index contributed by atoms with van der Waals surface area (Å²) in [4.78, 5) is 18.5. The number of carbonyl (C=O) groups is 1. The molecule has 25 heavy (non-hydrogen) atoms. The van der Waals surface area contributed by atoms with E-state index in [9.17, 15) is 4.79 Å². The molecule has 2 heterocycles. The molecule has 0 aliphatic heterocycles. The van der Waals surface area contributed by atoms with E-state index in [1.807, 2.05) is 24.4 Å². The predicted octanol–water partition coefficient (Wildman–Crippen LogP) is 2.33. The van der Waals surface area contributed by atoms with Crippen LogP contribution in [0.2, 0.25) is 0 Å². The van der Waals surface area contributed by atoms with Crippen LogP contribution in [0.15, 0.2) is 48.8 Å². The molecule has 130 valence electrons. The highest BCUT2D eigenvalue weighted by molar-refractivity contribution is 5.79. The molecule has 3 rings (SSSR count). The lowest BCUT2D eigenvalue weighted by molar-refractivity contribution is -0.129. The third-order valence-corrected chi connectivity index (χ3v) is 4.23. The smallest absolute Gasteiger partial charge is 0.243 e. The second kappa shape index (κ2) is 8.41. The molecular weight excluding hydrogens is 316 g/mol. The van der Waals surface area contributed by atoms with Crippen LogP contribution in [0.4, 0.5) is 0 Å². The Morgan fingerprint density at radius 2 is 1.92 bits per heavy atom. The van der Waals surface area contributed by atoms with Crippen molar-refractivity contribution in [2.24, 2.45) is 0 Å². The van der Waals surface area contributed by atoms with Crippen molar-refractivity contribution in [3.8, 4) is 0 Å². The predicted molar refractivity (Wildman–Crippen MR) is 96.2 cm³/mol. The van der Waals surface area contributed by atoms with Crippen LogP contribution in [0.3, 0.4) is 0 Å². The molecule has 0 saturated carbocycles. The summed E-state index contributed by atoms with van der Waals surface area (Å²) in [6, 6.07) is 12.2. The third-order valence-electron chi connectivity index (χ3n) is 4.23. The standard InChI is InChI=1S/C19H22N4O2/c24-18(23-25)8-7-14-3-5-15(6-4-14)12-20-11-9-16-13-22-19-17(16)2-1-10-21-19/h1-6,10,13,20,25H,7-9,11-12H2,(H,21,22)(H,23,24). The van der Waals surface area contributed by atoms with E-state index in [-0.39, 0.29) is 12.3 Å². The number of aromatic nitrogens is 2. The maximum atomic E-state index is 11.0. The highest BCUT2D eigenvalue weighted by Crippen LogP contribution is 2.15. The third kappa shape index (κ3) is 4.65. The second-order valence-electron chi connectivity index (χ2n) is 5.99. The minimum atomic E-state index is -0.363. The van der Waals surface area contributed by atoms with Gasteiger partial charge < -0.3 is 10.3 Å². The highest BCUT2D eigenvalue weighted by atomic mass is 16.5. The molecule has 2 aromatic heterocycles. The van der Waals surface area contributed by atoms with Crippen LogP contribution in [-0.2, 0) is 24.2 Å². The molecule has 0 aliphatic rings. The van der Waals surface area contributed by atoms with Crippen molar-refractivity contribution in [1.29, 1.82) is 0 Å². The van der Waals surface area contributed by atoms with Crippen LogP contribution in [0, 0.1) is 0 Å². The van der Waals surface area contributed by atoms with Gasteiger partial charge in [-0.15, -0.1) is 0 Å². The summed E-state index contributed by atoms with van der Waals surface area (Å²) in [6.45, 7) is 1.69. The lowest BCUT2D eigenvalue weighted by atomic mass is 10.1. The van der Waals surface area contributed by atoms with Crippen molar-refractivity contribution in [2.75, 3.05) is 6.54 Å². The van der Waals surface area contributed by atoms with Gasteiger partial charge in [0, 0.05) is 30.7 Å². The van der Waals surface area contributed by atoms with Gasteiger partial charge in [0.25, 0.3) is 0 Å². The Morgan fingerprint density at radius 3 is 2.72 bits per heavy atom. The molecule has 0 radical (unpaired) electrons. The zero-order chi connectivity index (χ0) is 17.5. The Morgan fingerprint density at radius 1 is 1.12 bits per heavy atom. The maximum Gasteiger partial charge on any atom is 0.243 e. The number of pyridine rings is 1. The molecule has 6 heteroatoms. The summed E-state index contributed by atoms with van der Waals surface area (Å²) >= 11 is 0. The number of H-pyrrole nitrogens is 1. The number of benzene rings is 1. The van der Waals surface area contributed by atoms with Gasteiger partial charge in [0.05, 0.1) is 0 Å². The number of aromatic amines is 1. The number of nitrogens with zero attached hydrogens (tertiary/aromatic N) is 1. The molecule has 0 fully saturated rings. The fraction of sp³-hybridized carbons (Fsp3) is 0.263. The molecule has 0 bridgehead atoms. The first kappa shape index (κ1) is 17.1. The number of fused-ring (bicyclic) bond motifs is 1. The number of amides is 1. The van der Waals surface area contributed by atoms with Gasteiger partial charge in [-0.2, -0.15) is 0 Å². The average Bonchev–Trinajstić information content (AvgIpc) is 3.07. The van der Waals surface area contributed by atoms with Crippen LogP contribution in [0.1, 0.15) is 23.1 Å². The van der Waals surface area contributed by atoms with Crippen molar-refractivity contribution in [2.45, 2.75) is 25.8 Å². The Kier molecular flexibility index (Phi) is 5.77. The van der Waals surface area contributed by atoms with Crippen LogP contribution in [-0.4, -0.2) is 27.6 Å². The fourth-order valence-electron chi connectivity index (χ4n) is 2.81. The molecule has 0 saturated heterocycles. The van der Waals surface area contributed by atoms with E-state index in [1.54, 1.807) is 11.7 Å². The van der Waals surface area contributed by atoms with Gasteiger partial charge in [-0.25, -0.2) is 10.5 Å². The van der Waals surface area contributed by atoms with E-state index in [0.717, 1.165) is 30.7 Å². The monoisotopic (exact) mass is 338 g/mol. The molecule has 4 N–H and O–H groups in total. The Bertz CT molecular complexity index is 827. The number of hydroxylamine groups is 1. The van der Waals surface area contributed by atoms with E-state index in [4.69, 9.17) is 5.21 Å². The van der Waals surface area contributed by atoms with Gasteiger partial charge >= 0.3 is 0 Å². The van der Waals surface area contributed by atoms with Crippen molar-refractivity contribution in [3.63, 3.8) is 0 Å². The molecule has 0 aliphatic carbocycles. The normalized spacial score (nSPS) is 10.9. The van der Waals surface area contributed by atoms with Crippen molar-refractivity contribution in [3.05, 3.63) is 65.5 Å². The van der Waals surface area contributed by atoms with Gasteiger partial charge in [-0.05, 0) is 48.2 Å². The van der Waals surface area contributed by atoms with E-state index in [2.05, 4.69) is 33.5 Å².